The van der Waals surface area contributed by atoms with Gasteiger partial charge in [-0.1, -0.05) is 11.3 Å². The number of thiazole rings is 1. The zero-order valence-corrected chi connectivity index (χ0v) is 18.3. The average molecular weight is 434 g/mol. The number of hydrogen-bond acceptors (Lipinski definition) is 8. The molecular formula is C22H23N7OS. The Labute approximate surface area is 184 Å². The second-order valence-corrected chi connectivity index (χ2v) is 8.90. The van der Waals surface area contributed by atoms with Crippen molar-refractivity contribution in [2.75, 3.05) is 38.1 Å². The Kier molecular flexibility index (Phi) is 5.21. The second-order valence-electron chi connectivity index (χ2n) is 7.89. The van der Waals surface area contributed by atoms with Crippen molar-refractivity contribution >= 4 is 33.0 Å². The van der Waals surface area contributed by atoms with E-state index >= 15 is 0 Å². The molecule has 8 nitrogen and oxygen atoms in total. The molecule has 0 unspecified atom stereocenters. The van der Waals surface area contributed by atoms with Crippen molar-refractivity contribution in [2.24, 2.45) is 7.05 Å². The number of fused-ring (bicyclic) bond motifs is 1. The van der Waals surface area contributed by atoms with Gasteiger partial charge in [-0.25, -0.2) is 4.98 Å². The minimum atomic E-state index is 0.0475. The first-order valence-electron chi connectivity index (χ1n) is 10.2. The summed E-state index contributed by atoms with van der Waals surface area (Å²) >= 11 is 1.47. The second kappa shape index (κ2) is 8.16. The van der Waals surface area contributed by atoms with Gasteiger partial charge in [0.2, 0.25) is 0 Å². The van der Waals surface area contributed by atoms with E-state index in [0.29, 0.717) is 4.88 Å². The summed E-state index contributed by atoms with van der Waals surface area (Å²) in [7, 11) is 4.01. The van der Waals surface area contributed by atoms with Crippen LogP contribution < -0.4 is 4.90 Å². The number of piperazine rings is 1. The van der Waals surface area contributed by atoms with Gasteiger partial charge in [-0.15, -0.1) is 0 Å². The molecule has 4 aromatic rings. The van der Waals surface area contributed by atoms with E-state index < -0.39 is 0 Å². The van der Waals surface area contributed by atoms with Gasteiger partial charge in [0.15, 0.2) is 10.9 Å². The topological polar surface area (TPSA) is 80.0 Å². The molecule has 0 atom stereocenters. The maximum absolute atomic E-state index is 12.9. The molecule has 0 aliphatic carbocycles. The molecule has 0 saturated carbocycles. The van der Waals surface area contributed by atoms with Crippen LogP contribution in [-0.4, -0.2) is 68.6 Å². The molecule has 0 spiro atoms. The molecule has 158 valence electrons. The number of ketones is 1. The fraction of sp³-hybridized carbons (Fsp3) is 0.318. The Hall–Kier alpha value is -3.17. The monoisotopic (exact) mass is 433 g/mol. The Balaban J connectivity index is 1.33. The maximum atomic E-state index is 12.9. The lowest BCUT2D eigenvalue weighted by atomic mass is 10.1. The minimum absolute atomic E-state index is 0.0475. The van der Waals surface area contributed by atoms with E-state index in [0.717, 1.165) is 59.0 Å². The van der Waals surface area contributed by atoms with Gasteiger partial charge in [0.25, 0.3) is 0 Å². The normalized spacial score (nSPS) is 15.0. The molecule has 5 rings (SSSR count). The Morgan fingerprint density at radius 3 is 2.55 bits per heavy atom. The van der Waals surface area contributed by atoms with Crippen molar-refractivity contribution in [3.05, 3.63) is 53.7 Å². The van der Waals surface area contributed by atoms with Crippen LogP contribution in [0.1, 0.15) is 15.4 Å². The number of carbonyl (C=O) groups excluding carboxylic acids is 1. The van der Waals surface area contributed by atoms with E-state index in [1.807, 2.05) is 31.6 Å². The molecule has 0 radical (unpaired) electrons. The number of Topliss-reactive ketones (excluding diaryl/α,β-unsaturated/α-hetero) is 1. The highest BCUT2D eigenvalue weighted by molar-refractivity contribution is 7.17. The molecule has 0 amide bonds. The van der Waals surface area contributed by atoms with E-state index in [-0.39, 0.29) is 12.2 Å². The number of likely N-dealkylation sites (N-methyl/N-ethyl adjacent to an activating group) is 1. The number of nitrogens with zero attached hydrogens (tertiary/aromatic N) is 7. The standard InChI is InChI=1S/C22H23N7OS/c1-27-3-5-29(6-4-27)22-25-13-21(31-22)20(30)9-18-7-15-8-19(17-12-26-28(2)14-17)24-11-16(15)10-23-18/h7-8,10-14H,3-6,9H2,1-2H3. The summed E-state index contributed by atoms with van der Waals surface area (Å²) in [6, 6.07) is 3.98. The van der Waals surface area contributed by atoms with Gasteiger partial charge in [-0.2, -0.15) is 5.10 Å². The van der Waals surface area contributed by atoms with E-state index in [2.05, 4.69) is 36.9 Å². The molecule has 4 aromatic heterocycles. The van der Waals surface area contributed by atoms with Crippen LogP contribution in [0, 0.1) is 0 Å². The molecule has 1 fully saturated rings. The van der Waals surface area contributed by atoms with Crippen molar-refractivity contribution in [1.29, 1.82) is 0 Å². The maximum Gasteiger partial charge on any atom is 0.186 e. The third kappa shape index (κ3) is 4.19. The number of pyridine rings is 2. The third-order valence-electron chi connectivity index (χ3n) is 5.54. The van der Waals surface area contributed by atoms with Gasteiger partial charge in [-0.3, -0.25) is 19.4 Å². The molecular weight excluding hydrogens is 410 g/mol. The number of aryl methyl sites for hydroxylation is 1. The van der Waals surface area contributed by atoms with Crippen LogP contribution in [0.4, 0.5) is 5.13 Å². The summed E-state index contributed by atoms with van der Waals surface area (Å²) in [6.07, 6.45) is 9.27. The molecule has 1 saturated heterocycles. The zero-order chi connectivity index (χ0) is 21.4. The van der Waals surface area contributed by atoms with Crippen LogP contribution in [0.15, 0.2) is 43.1 Å². The quantitative estimate of drug-likeness (QED) is 0.448. The molecule has 9 heteroatoms. The highest BCUT2D eigenvalue weighted by atomic mass is 32.1. The summed E-state index contributed by atoms with van der Waals surface area (Å²) in [6.45, 7) is 3.91. The fourth-order valence-corrected chi connectivity index (χ4v) is 4.59. The van der Waals surface area contributed by atoms with Crippen LogP contribution >= 0.6 is 11.3 Å². The Morgan fingerprint density at radius 1 is 0.968 bits per heavy atom. The smallest absolute Gasteiger partial charge is 0.186 e. The van der Waals surface area contributed by atoms with Crippen LogP contribution in [0.5, 0.6) is 0 Å². The zero-order valence-electron chi connectivity index (χ0n) is 17.5. The lowest BCUT2D eigenvalue weighted by Crippen LogP contribution is -2.44. The van der Waals surface area contributed by atoms with Gasteiger partial charge in [0.1, 0.15) is 0 Å². The molecule has 0 bridgehead atoms. The number of rotatable bonds is 5. The summed E-state index contributed by atoms with van der Waals surface area (Å²) < 4.78 is 1.75. The first kappa shape index (κ1) is 19.8. The summed E-state index contributed by atoms with van der Waals surface area (Å²) in [5, 5.41) is 7.09. The van der Waals surface area contributed by atoms with Crippen LogP contribution in [0.3, 0.4) is 0 Å². The highest BCUT2D eigenvalue weighted by Gasteiger charge is 2.19. The van der Waals surface area contributed by atoms with Gasteiger partial charge in [-0.05, 0) is 24.6 Å². The van der Waals surface area contributed by atoms with E-state index in [1.165, 1.54) is 11.3 Å². The summed E-state index contributed by atoms with van der Waals surface area (Å²) in [4.78, 5) is 31.6. The van der Waals surface area contributed by atoms with E-state index in [1.54, 1.807) is 23.3 Å². The van der Waals surface area contributed by atoms with Crippen molar-refractivity contribution in [3.8, 4) is 11.3 Å². The number of aromatic nitrogens is 5. The molecule has 31 heavy (non-hydrogen) atoms. The van der Waals surface area contributed by atoms with E-state index in [9.17, 15) is 4.79 Å². The van der Waals surface area contributed by atoms with Crippen LogP contribution in [0.2, 0.25) is 0 Å². The van der Waals surface area contributed by atoms with E-state index in [4.69, 9.17) is 0 Å². The molecule has 1 aliphatic heterocycles. The van der Waals surface area contributed by atoms with Gasteiger partial charge >= 0.3 is 0 Å². The SMILES string of the molecule is CN1CCN(c2ncc(C(=O)Cc3cc4cc(-c5cnn(C)c5)ncc4cn3)s2)CC1. The van der Waals surface area contributed by atoms with Crippen LogP contribution in [-0.2, 0) is 13.5 Å². The molecule has 0 N–H and O–H groups in total. The van der Waals surface area contributed by atoms with Gasteiger partial charge in [0.05, 0.1) is 29.4 Å². The average Bonchev–Trinajstić information content (AvgIpc) is 3.43. The first-order chi connectivity index (χ1) is 15.0. The Morgan fingerprint density at radius 2 is 1.77 bits per heavy atom. The fourth-order valence-electron chi connectivity index (χ4n) is 3.68. The van der Waals surface area contributed by atoms with Crippen molar-refractivity contribution in [1.82, 2.24) is 29.6 Å². The molecule has 1 aliphatic rings. The largest absolute Gasteiger partial charge is 0.346 e. The molecule has 0 aromatic carbocycles. The number of hydrogen-bond donors (Lipinski definition) is 0. The minimum Gasteiger partial charge on any atom is -0.346 e. The lowest BCUT2D eigenvalue weighted by Gasteiger charge is -2.32. The summed E-state index contributed by atoms with van der Waals surface area (Å²) in [5.74, 6) is 0.0475. The van der Waals surface area contributed by atoms with Crippen molar-refractivity contribution in [3.63, 3.8) is 0 Å². The predicted molar refractivity (Wildman–Crippen MR) is 122 cm³/mol. The van der Waals surface area contributed by atoms with Crippen molar-refractivity contribution < 1.29 is 4.79 Å². The summed E-state index contributed by atoms with van der Waals surface area (Å²) in [5.41, 5.74) is 2.55. The number of anilines is 1. The first-order valence-corrected chi connectivity index (χ1v) is 11.0. The third-order valence-corrected chi connectivity index (χ3v) is 6.64. The number of carbonyl (C=O) groups is 1. The highest BCUT2D eigenvalue weighted by Crippen LogP contribution is 2.26. The molecule has 5 heterocycles. The lowest BCUT2D eigenvalue weighted by molar-refractivity contribution is 0.0995. The van der Waals surface area contributed by atoms with Gasteiger partial charge < -0.3 is 9.80 Å². The van der Waals surface area contributed by atoms with Gasteiger partial charge in [0, 0.05) is 68.5 Å². The predicted octanol–water partition coefficient (Wildman–Crippen LogP) is 2.66. The Bertz CT molecular complexity index is 1240. The van der Waals surface area contributed by atoms with Crippen LogP contribution in [0.25, 0.3) is 22.0 Å². The van der Waals surface area contributed by atoms with Crippen molar-refractivity contribution in [2.45, 2.75) is 6.42 Å².